The van der Waals surface area contributed by atoms with Crippen molar-refractivity contribution < 1.29 is 5.11 Å². The highest BCUT2D eigenvalue weighted by atomic mass is 16.3. The molecule has 0 saturated heterocycles. The molecule has 0 atom stereocenters. The average Bonchev–Trinajstić information content (AvgIpc) is 2.49. The minimum atomic E-state index is -0.00491. The Balaban J connectivity index is 0.000000771. The summed E-state index contributed by atoms with van der Waals surface area (Å²) in [6, 6.07) is 12.3. The van der Waals surface area contributed by atoms with E-state index in [1.807, 2.05) is 26.0 Å². The average molecular weight is 243 g/mol. The van der Waals surface area contributed by atoms with Crippen LogP contribution in [-0.4, -0.2) is 10.1 Å². The number of hydrogen-bond acceptors (Lipinski definition) is 2. The van der Waals surface area contributed by atoms with Crippen molar-refractivity contribution in [2.45, 2.75) is 33.8 Å². The van der Waals surface area contributed by atoms with Crippen LogP contribution in [0.1, 0.15) is 32.0 Å². The summed E-state index contributed by atoms with van der Waals surface area (Å²) in [7, 11) is 0. The van der Waals surface area contributed by atoms with Crippen molar-refractivity contribution in [3.63, 3.8) is 0 Å². The standard InChI is InChI=1S/C14H15NO.C2H6/c1-2-11-3-5-12(6-4-11)13-7-8-14(10-16)15-9-13;1-2/h3-9,16H,2,10H2,1H3;1-2H3. The predicted octanol–water partition coefficient (Wildman–Crippen LogP) is 3.83. The fraction of sp³-hybridized carbons (Fsp3) is 0.312. The van der Waals surface area contributed by atoms with E-state index >= 15 is 0 Å². The Morgan fingerprint density at radius 2 is 1.56 bits per heavy atom. The first-order valence-corrected chi connectivity index (χ1v) is 6.48. The lowest BCUT2D eigenvalue weighted by atomic mass is 10.0. The first-order valence-electron chi connectivity index (χ1n) is 6.48. The Bertz CT molecular complexity index is 400. The summed E-state index contributed by atoms with van der Waals surface area (Å²) in [5, 5.41) is 8.90. The molecule has 2 heteroatoms. The molecule has 1 N–H and O–H groups in total. The van der Waals surface area contributed by atoms with E-state index in [1.54, 1.807) is 6.20 Å². The van der Waals surface area contributed by atoms with Gasteiger partial charge in [-0.3, -0.25) is 4.98 Å². The third-order valence-corrected chi connectivity index (χ3v) is 2.68. The number of nitrogens with zero attached hydrogens (tertiary/aromatic N) is 1. The molecule has 2 aromatic rings. The lowest BCUT2D eigenvalue weighted by Gasteiger charge is -2.03. The quantitative estimate of drug-likeness (QED) is 0.888. The molecule has 1 aromatic carbocycles. The SMILES string of the molecule is CC.CCc1ccc(-c2ccc(CO)nc2)cc1. The highest BCUT2D eigenvalue weighted by Gasteiger charge is 1.98. The van der Waals surface area contributed by atoms with Crippen molar-refractivity contribution in [1.29, 1.82) is 0 Å². The summed E-state index contributed by atoms with van der Waals surface area (Å²) in [5.74, 6) is 0. The predicted molar refractivity (Wildman–Crippen MR) is 76.3 cm³/mol. The van der Waals surface area contributed by atoms with Crippen molar-refractivity contribution in [3.05, 3.63) is 53.9 Å². The molecule has 0 aliphatic carbocycles. The Morgan fingerprint density at radius 3 is 2.00 bits per heavy atom. The van der Waals surface area contributed by atoms with Gasteiger partial charge >= 0.3 is 0 Å². The molecule has 1 heterocycles. The lowest BCUT2D eigenvalue weighted by Crippen LogP contribution is -1.88. The number of hydrogen-bond donors (Lipinski definition) is 1. The molecular formula is C16H21NO. The first-order chi connectivity index (χ1) is 8.83. The van der Waals surface area contributed by atoms with Gasteiger partial charge in [0.1, 0.15) is 0 Å². The van der Waals surface area contributed by atoms with Crippen molar-refractivity contribution in [1.82, 2.24) is 4.98 Å². The number of aryl methyl sites for hydroxylation is 1. The number of benzene rings is 1. The van der Waals surface area contributed by atoms with Crippen LogP contribution in [0.15, 0.2) is 42.6 Å². The van der Waals surface area contributed by atoms with E-state index in [2.05, 4.69) is 36.2 Å². The first kappa shape index (κ1) is 14.4. The second-order valence-electron chi connectivity index (χ2n) is 3.75. The van der Waals surface area contributed by atoms with Crippen LogP contribution >= 0.6 is 0 Å². The molecule has 1 aromatic heterocycles. The lowest BCUT2D eigenvalue weighted by molar-refractivity contribution is 0.277. The van der Waals surface area contributed by atoms with Crippen molar-refractivity contribution in [2.75, 3.05) is 0 Å². The zero-order valence-electron chi connectivity index (χ0n) is 11.4. The van der Waals surface area contributed by atoms with Gasteiger partial charge in [-0.1, -0.05) is 51.1 Å². The van der Waals surface area contributed by atoms with Crippen molar-refractivity contribution >= 4 is 0 Å². The van der Waals surface area contributed by atoms with Crippen LogP contribution < -0.4 is 0 Å². The summed E-state index contributed by atoms with van der Waals surface area (Å²) < 4.78 is 0. The monoisotopic (exact) mass is 243 g/mol. The van der Waals surface area contributed by atoms with Crippen LogP contribution in [0, 0.1) is 0 Å². The van der Waals surface area contributed by atoms with Gasteiger partial charge in [-0.2, -0.15) is 0 Å². The van der Waals surface area contributed by atoms with E-state index < -0.39 is 0 Å². The van der Waals surface area contributed by atoms with Gasteiger partial charge in [0.25, 0.3) is 0 Å². The maximum Gasteiger partial charge on any atom is 0.0852 e. The van der Waals surface area contributed by atoms with Crippen LogP contribution in [0.2, 0.25) is 0 Å². The molecular weight excluding hydrogens is 222 g/mol. The summed E-state index contributed by atoms with van der Waals surface area (Å²) in [6.07, 6.45) is 2.86. The van der Waals surface area contributed by atoms with Crippen LogP contribution in [-0.2, 0) is 13.0 Å². The largest absolute Gasteiger partial charge is 0.390 e. The maximum atomic E-state index is 8.90. The Kier molecular flexibility index (Phi) is 6.09. The van der Waals surface area contributed by atoms with E-state index in [4.69, 9.17) is 5.11 Å². The molecule has 0 spiro atoms. The zero-order valence-corrected chi connectivity index (χ0v) is 11.4. The van der Waals surface area contributed by atoms with Gasteiger partial charge < -0.3 is 5.11 Å². The molecule has 96 valence electrons. The normalized spacial score (nSPS) is 9.56. The minimum absolute atomic E-state index is 0.00491. The Morgan fingerprint density at radius 1 is 0.944 bits per heavy atom. The van der Waals surface area contributed by atoms with Gasteiger partial charge in [0.15, 0.2) is 0 Å². The highest BCUT2D eigenvalue weighted by molar-refractivity contribution is 5.62. The Hall–Kier alpha value is -1.67. The molecule has 0 unspecified atom stereocenters. The molecule has 0 bridgehead atoms. The third kappa shape index (κ3) is 3.67. The van der Waals surface area contributed by atoms with E-state index in [1.165, 1.54) is 5.56 Å². The van der Waals surface area contributed by atoms with E-state index in [9.17, 15) is 0 Å². The zero-order chi connectivity index (χ0) is 13.4. The summed E-state index contributed by atoms with van der Waals surface area (Å²) >= 11 is 0. The Labute approximate surface area is 109 Å². The maximum absolute atomic E-state index is 8.90. The number of rotatable bonds is 3. The molecule has 0 aliphatic heterocycles. The second-order valence-corrected chi connectivity index (χ2v) is 3.75. The second kappa shape index (κ2) is 7.62. The summed E-state index contributed by atoms with van der Waals surface area (Å²) in [6.45, 7) is 6.14. The van der Waals surface area contributed by atoms with Crippen LogP contribution in [0.5, 0.6) is 0 Å². The topological polar surface area (TPSA) is 33.1 Å². The molecule has 0 fully saturated rings. The third-order valence-electron chi connectivity index (χ3n) is 2.68. The van der Waals surface area contributed by atoms with Gasteiger partial charge in [0, 0.05) is 11.8 Å². The minimum Gasteiger partial charge on any atom is -0.390 e. The molecule has 2 nitrogen and oxygen atoms in total. The number of aliphatic hydroxyl groups is 1. The van der Waals surface area contributed by atoms with E-state index in [0.717, 1.165) is 17.5 Å². The van der Waals surface area contributed by atoms with Crippen LogP contribution in [0.3, 0.4) is 0 Å². The van der Waals surface area contributed by atoms with Crippen LogP contribution in [0.4, 0.5) is 0 Å². The fourth-order valence-electron chi connectivity index (χ4n) is 1.62. The molecule has 2 rings (SSSR count). The van der Waals surface area contributed by atoms with E-state index in [0.29, 0.717) is 5.69 Å². The van der Waals surface area contributed by atoms with Gasteiger partial charge in [0.2, 0.25) is 0 Å². The van der Waals surface area contributed by atoms with Gasteiger partial charge in [-0.05, 0) is 23.6 Å². The van der Waals surface area contributed by atoms with E-state index in [-0.39, 0.29) is 6.61 Å². The van der Waals surface area contributed by atoms with Crippen molar-refractivity contribution in [2.24, 2.45) is 0 Å². The molecule has 0 aliphatic rings. The molecule has 18 heavy (non-hydrogen) atoms. The molecule has 0 saturated carbocycles. The molecule has 0 amide bonds. The van der Waals surface area contributed by atoms with Gasteiger partial charge in [-0.15, -0.1) is 0 Å². The van der Waals surface area contributed by atoms with Gasteiger partial charge in [-0.25, -0.2) is 0 Å². The number of aliphatic hydroxyl groups excluding tert-OH is 1. The number of pyridine rings is 1. The fourth-order valence-corrected chi connectivity index (χ4v) is 1.62. The summed E-state index contributed by atoms with van der Waals surface area (Å²) in [4.78, 5) is 4.17. The van der Waals surface area contributed by atoms with Crippen molar-refractivity contribution in [3.8, 4) is 11.1 Å². The number of aromatic nitrogens is 1. The van der Waals surface area contributed by atoms with Gasteiger partial charge in [0.05, 0.1) is 12.3 Å². The van der Waals surface area contributed by atoms with Crippen LogP contribution in [0.25, 0.3) is 11.1 Å². The highest BCUT2D eigenvalue weighted by Crippen LogP contribution is 2.19. The smallest absolute Gasteiger partial charge is 0.0852 e. The summed E-state index contributed by atoms with van der Waals surface area (Å²) in [5.41, 5.74) is 4.28. The molecule has 0 radical (unpaired) electrons.